The van der Waals surface area contributed by atoms with E-state index in [-0.39, 0.29) is 32.7 Å². The third-order valence-corrected chi connectivity index (χ3v) is 7.10. The van der Waals surface area contributed by atoms with Crippen molar-refractivity contribution in [3.8, 4) is 5.75 Å². The van der Waals surface area contributed by atoms with Crippen LogP contribution in [-0.4, -0.2) is 70.4 Å². The fourth-order valence-corrected chi connectivity index (χ4v) is 5.06. The van der Waals surface area contributed by atoms with Crippen molar-refractivity contribution in [2.24, 2.45) is 0 Å². The summed E-state index contributed by atoms with van der Waals surface area (Å²) >= 11 is 19.8. The van der Waals surface area contributed by atoms with E-state index < -0.39 is 29.6 Å². The summed E-state index contributed by atoms with van der Waals surface area (Å²) in [5.41, 5.74) is 0.0698. The quantitative estimate of drug-likeness (QED) is 0.201. The molecule has 43 heavy (non-hydrogen) atoms. The van der Waals surface area contributed by atoms with Crippen LogP contribution in [0.2, 0.25) is 15.1 Å². The molecule has 0 spiro atoms. The molecule has 0 saturated carbocycles. The van der Waals surface area contributed by atoms with Crippen molar-refractivity contribution in [2.75, 3.05) is 31.3 Å². The molecule has 0 saturated heterocycles. The first-order chi connectivity index (χ1) is 19.8. The Balaban J connectivity index is 0.000000821. The number of carboxylic acids is 1. The van der Waals surface area contributed by atoms with Crippen LogP contribution in [0.3, 0.4) is 0 Å². The van der Waals surface area contributed by atoms with Gasteiger partial charge in [-0.05, 0) is 50.0 Å². The molecule has 0 atom stereocenters. The number of aliphatic carboxylic acids is 1. The molecule has 0 radical (unpaired) electrons. The number of amides is 2. The number of ether oxygens (including phenoxy) is 1. The molecule has 0 unspecified atom stereocenters. The summed E-state index contributed by atoms with van der Waals surface area (Å²) in [5.74, 6) is -3.37. The number of likely N-dealkylation sites (N-methyl/N-ethyl adjacent to an activating group) is 1. The topological polar surface area (TPSA) is 141 Å². The van der Waals surface area contributed by atoms with Crippen LogP contribution in [0.4, 0.5) is 24.7 Å². The van der Waals surface area contributed by atoms with Crippen molar-refractivity contribution >= 4 is 75.4 Å². The second kappa shape index (κ2) is 15.0. The first-order valence-electron chi connectivity index (χ1n) is 11.9. The van der Waals surface area contributed by atoms with Gasteiger partial charge in [-0.2, -0.15) is 13.2 Å². The number of rotatable bonds is 9. The third-order valence-electron chi connectivity index (χ3n) is 5.09. The highest BCUT2D eigenvalue weighted by atomic mass is 35.5. The van der Waals surface area contributed by atoms with E-state index in [1.165, 1.54) is 36.8 Å². The van der Waals surface area contributed by atoms with Crippen LogP contribution < -0.4 is 15.4 Å². The number of thiophene rings is 1. The van der Waals surface area contributed by atoms with Crippen LogP contribution in [0, 0.1) is 0 Å². The van der Waals surface area contributed by atoms with Crippen molar-refractivity contribution in [1.82, 2.24) is 9.88 Å². The van der Waals surface area contributed by atoms with Gasteiger partial charge in [0.05, 0.1) is 34.0 Å². The zero-order valence-electron chi connectivity index (χ0n) is 23.0. The molecule has 2 aromatic heterocycles. The molecule has 17 heteroatoms. The number of alkyl halides is 3. The fraction of sp³-hybridized carbons (Fsp3) is 0.308. The minimum absolute atomic E-state index is 0.0715. The monoisotopic (exact) mass is 684 g/mol. The molecular formula is C26H26Cl3F3N4O6S. The van der Waals surface area contributed by atoms with Gasteiger partial charge in [0.2, 0.25) is 0 Å². The fourth-order valence-electron chi connectivity index (χ4n) is 3.50. The van der Waals surface area contributed by atoms with Gasteiger partial charge in [-0.3, -0.25) is 14.5 Å². The number of nitrogens with zero attached hydrogens (tertiary/aromatic N) is 2. The molecule has 0 aliphatic heterocycles. The summed E-state index contributed by atoms with van der Waals surface area (Å²) in [6.07, 6.45) is -3.69. The van der Waals surface area contributed by atoms with E-state index in [1.54, 1.807) is 31.4 Å². The Labute approximate surface area is 263 Å². The summed E-state index contributed by atoms with van der Waals surface area (Å²) in [6, 6.07) is 6.03. The molecule has 10 nitrogen and oxygen atoms in total. The number of anilines is 2. The maximum Gasteiger partial charge on any atom is 0.490 e. The first kappa shape index (κ1) is 36.1. The van der Waals surface area contributed by atoms with Gasteiger partial charge in [0.25, 0.3) is 11.8 Å². The first-order valence-corrected chi connectivity index (χ1v) is 13.9. The molecule has 1 aromatic carbocycles. The molecule has 2 heterocycles. The Bertz CT molecular complexity index is 1460. The van der Waals surface area contributed by atoms with Gasteiger partial charge in [0.1, 0.15) is 16.4 Å². The highest BCUT2D eigenvalue weighted by Crippen LogP contribution is 2.35. The summed E-state index contributed by atoms with van der Waals surface area (Å²) < 4.78 is 37.1. The number of nitrogens with one attached hydrogen (secondary N) is 2. The van der Waals surface area contributed by atoms with E-state index in [1.807, 2.05) is 11.9 Å². The minimum Gasteiger partial charge on any atom is -0.494 e. The number of carboxylic acid groups (broad SMARTS) is 1. The molecule has 234 valence electrons. The maximum atomic E-state index is 13.2. The Morgan fingerprint density at radius 3 is 2.21 bits per heavy atom. The standard InChI is InChI=1S/C24H25Cl3N4O4S.C2HF3O2/c1-24(2,34)12-31(3)10-13-11-36-21(19(13)27)23(33)30-20-16(7-15(26)8-17(20)35-4)22(32)29-18-6-5-14(25)9-28-18;3-2(4,5)1(6)7/h5-9,11,34H,10,12H2,1-4H3,(H,30,33)(H,28,29,32);(H,6,7). The van der Waals surface area contributed by atoms with Crippen LogP contribution in [0.25, 0.3) is 0 Å². The Morgan fingerprint density at radius 2 is 1.70 bits per heavy atom. The van der Waals surface area contributed by atoms with E-state index >= 15 is 0 Å². The molecular weight excluding hydrogens is 660 g/mol. The van der Waals surface area contributed by atoms with Crippen LogP contribution in [-0.2, 0) is 11.3 Å². The number of carbonyl (C=O) groups is 3. The number of hydrogen-bond acceptors (Lipinski definition) is 8. The van der Waals surface area contributed by atoms with Crippen LogP contribution in [0.1, 0.15) is 39.4 Å². The number of carbonyl (C=O) groups excluding carboxylic acids is 2. The van der Waals surface area contributed by atoms with Gasteiger partial charge in [-0.25, -0.2) is 9.78 Å². The number of pyridine rings is 1. The predicted octanol–water partition coefficient (Wildman–Crippen LogP) is 6.45. The van der Waals surface area contributed by atoms with Gasteiger partial charge >= 0.3 is 12.1 Å². The molecule has 4 N–H and O–H groups in total. The number of halogens is 6. The van der Waals surface area contributed by atoms with Gasteiger partial charge in [-0.1, -0.05) is 34.8 Å². The normalized spacial score (nSPS) is 11.4. The average molecular weight is 686 g/mol. The van der Waals surface area contributed by atoms with E-state index in [4.69, 9.17) is 49.4 Å². The molecule has 3 rings (SSSR count). The van der Waals surface area contributed by atoms with Crippen LogP contribution in [0.5, 0.6) is 5.75 Å². The lowest BCUT2D eigenvalue weighted by Gasteiger charge is -2.25. The Hall–Kier alpha value is -3.14. The molecule has 3 aromatic rings. The lowest BCUT2D eigenvalue weighted by Crippen LogP contribution is -2.35. The maximum absolute atomic E-state index is 13.2. The smallest absolute Gasteiger partial charge is 0.490 e. The number of hydrogen-bond donors (Lipinski definition) is 4. The summed E-state index contributed by atoms with van der Waals surface area (Å²) in [6.45, 7) is 4.30. The van der Waals surface area contributed by atoms with E-state index in [9.17, 15) is 27.9 Å². The van der Waals surface area contributed by atoms with Crippen molar-refractivity contribution in [3.63, 3.8) is 0 Å². The number of aromatic nitrogens is 1. The lowest BCUT2D eigenvalue weighted by molar-refractivity contribution is -0.192. The number of aliphatic hydroxyl groups is 1. The van der Waals surface area contributed by atoms with E-state index in [0.717, 1.165) is 5.56 Å². The number of benzene rings is 1. The predicted molar refractivity (Wildman–Crippen MR) is 159 cm³/mol. The van der Waals surface area contributed by atoms with Crippen LogP contribution >= 0.6 is 46.1 Å². The lowest BCUT2D eigenvalue weighted by atomic mass is 10.1. The number of methoxy groups -OCH3 is 1. The molecule has 2 amide bonds. The third kappa shape index (κ3) is 11.1. The van der Waals surface area contributed by atoms with E-state index in [2.05, 4.69) is 15.6 Å². The molecule has 0 aliphatic carbocycles. The molecule has 0 fully saturated rings. The van der Waals surface area contributed by atoms with Gasteiger partial charge in [0.15, 0.2) is 0 Å². The average Bonchev–Trinajstić information content (AvgIpc) is 3.24. The van der Waals surface area contributed by atoms with Crippen molar-refractivity contribution < 1.29 is 42.5 Å². The molecule has 0 bridgehead atoms. The second-order valence-corrected chi connectivity index (χ2v) is 11.6. The molecule has 0 aliphatic rings. The zero-order chi connectivity index (χ0) is 32.7. The SMILES string of the molecule is COc1cc(Cl)cc(C(=O)Nc2ccc(Cl)cn2)c1NC(=O)c1scc(CN(C)CC(C)(C)O)c1Cl.O=C(O)C(F)(F)F. The van der Waals surface area contributed by atoms with Crippen molar-refractivity contribution in [2.45, 2.75) is 32.2 Å². The Kier molecular flexibility index (Phi) is 12.6. The van der Waals surface area contributed by atoms with Crippen LogP contribution in [0.15, 0.2) is 35.8 Å². The van der Waals surface area contributed by atoms with Gasteiger partial charge in [0, 0.05) is 30.4 Å². The second-order valence-electron chi connectivity index (χ2n) is 9.49. The van der Waals surface area contributed by atoms with E-state index in [0.29, 0.717) is 23.1 Å². The summed E-state index contributed by atoms with van der Waals surface area (Å²) in [7, 11) is 3.25. The minimum atomic E-state index is -5.08. The largest absolute Gasteiger partial charge is 0.494 e. The van der Waals surface area contributed by atoms with Gasteiger partial charge in [-0.15, -0.1) is 11.3 Å². The van der Waals surface area contributed by atoms with Crippen molar-refractivity contribution in [3.05, 3.63) is 66.9 Å². The highest BCUT2D eigenvalue weighted by Gasteiger charge is 2.38. The van der Waals surface area contributed by atoms with Crippen molar-refractivity contribution in [1.29, 1.82) is 0 Å². The summed E-state index contributed by atoms with van der Waals surface area (Å²) in [5, 5.41) is 25.3. The zero-order valence-corrected chi connectivity index (χ0v) is 26.1. The summed E-state index contributed by atoms with van der Waals surface area (Å²) in [4.78, 5) is 41.4. The highest BCUT2D eigenvalue weighted by molar-refractivity contribution is 7.13. The van der Waals surface area contributed by atoms with Gasteiger partial charge < -0.3 is 25.6 Å². The Morgan fingerprint density at radius 1 is 1.07 bits per heavy atom.